The van der Waals surface area contributed by atoms with Crippen molar-refractivity contribution in [3.8, 4) is 0 Å². The fourth-order valence-corrected chi connectivity index (χ4v) is 4.18. The van der Waals surface area contributed by atoms with Crippen LogP contribution in [0.2, 0.25) is 0 Å². The predicted molar refractivity (Wildman–Crippen MR) is 111 cm³/mol. The van der Waals surface area contributed by atoms with Crippen molar-refractivity contribution >= 4 is 16.7 Å². The first-order valence-corrected chi connectivity index (χ1v) is 10.1. The van der Waals surface area contributed by atoms with Gasteiger partial charge in [0.05, 0.1) is 0 Å². The molecule has 4 rings (SSSR count). The fraction of sp³-hybridized carbons (Fsp3) is 0.375. The van der Waals surface area contributed by atoms with Crippen LogP contribution in [0.1, 0.15) is 41.3 Å². The number of ketones is 1. The second-order valence-electron chi connectivity index (χ2n) is 7.64. The summed E-state index contributed by atoms with van der Waals surface area (Å²) < 4.78 is 0. The van der Waals surface area contributed by atoms with Gasteiger partial charge < -0.3 is 9.88 Å². The van der Waals surface area contributed by atoms with Gasteiger partial charge in [-0.1, -0.05) is 49.4 Å². The highest BCUT2D eigenvalue weighted by molar-refractivity contribution is 5.97. The van der Waals surface area contributed by atoms with Gasteiger partial charge in [0.15, 0.2) is 5.78 Å². The lowest BCUT2D eigenvalue weighted by Crippen LogP contribution is -2.37. The molecular weight excluding hydrogens is 332 g/mol. The molecule has 0 unspecified atom stereocenters. The van der Waals surface area contributed by atoms with E-state index in [4.69, 9.17) is 0 Å². The van der Waals surface area contributed by atoms with Gasteiger partial charge in [-0.05, 0) is 56.0 Å². The largest absolute Gasteiger partial charge is 0.361 e. The van der Waals surface area contributed by atoms with Crippen LogP contribution in [0, 0.1) is 5.92 Å². The van der Waals surface area contributed by atoms with Crippen molar-refractivity contribution in [2.45, 2.75) is 32.6 Å². The summed E-state index contributed by atoms with van der Waals surface area (Å²) >= 11 is 0. The van der Waals surface area contributed by atoms with Gasteiger partial charge >= 0.3 is 0 Å². The minimum Gasteiger partial charge on any atom is -0.361 e. The molecule has 1 aliphatic rings. The Morgan fingerprint density at radius 1 is 1.07 bits per heavy atom. The Morgan fingerprint density at radius 2 is 1.81 bits per heavy atom. The van der Waals surface area contributed by atoms with Crippen molar-refractivity contribution < 1.29 is 4.79 Å². The van der Waals surface area contributed by atoms with E-state index in [1.807, 2.05) is 12.1 Å². The van der Waals surface area contributed by atoms with Crippen molar-refractivity contribution in [2.75, 3.05) is 19.6 Å². The van der Waals surface area contributed by atoms with Crippen molar-refractivity contribution in [1.82, 2.24) is 9.88 Å². The number of nitrogens with one attached hydrogen (secondary N) is 1. The molecule has 0 amide bonds. The van der Waals surface area contributed by atoms with Crippen molar-refractivity contribution in [1.29, 1.82) is 0 Å². The molecule has 1 N–H and O–H groups in total. The van der Waals surface area contributed by atoms with E-state index in [1.54, 1.807) is 0 Å². The second-order valence-corrected chi connectivity index (χ2v) is 7.64. The van der Waals surface area contributed by atoms with Crippen molar-refractivity contribution in [3.63, 3.8) is 0 Å². The van der Waals surface area contributed by atoms with E-state index < -0.39 is 0 Å². The first-order valence-electron chi connectivity index (χ1n) is 10.1. The summed E-state index contributed by atoms with van der Waals surface area (Å²) in [6, 6.07) is 16.7. The highest BCUT2D eigenvalue weighted by Gasteiger charge is 2.25. The molecule has 0 saturated carbocycles. The molecule has 0 bridgehead atoms. The summed E-state index contributed by atoms with van der Waals surface area (Å²) in [6.07, 6.45) is 6.16. The van der Waals surface area contributed by atoms with Gasteiger partial charge in [-0.15, -0.1) is 0 Å². The van der Waals surface area contributed by atoms with Gasteiger partial charge in [0.25, 0.3) is 0 Å². The average molecular weight is 361 g/mol. The van der Waals surface area contributed by atoms with Crippen LogP contribution in [0.15, 0.2) is 54.7 Å². The molecule has 1 aromatic heterocycles. The Labute approximate surface area is 161 Å². The van der Waals surface area contributed by atoms with E-state index >= 15 is 0 Å². The molecule has 0 aliphatic carbocycles. The van der Waals surface area contributed by atoms with Crippen LogP contribution in [-0.4, -0.2) is 35.3 Å². The average Bonchev–Trinajstić information content (AvgIpc) is 3.15. The number of rotatable bonds is 6. The van der Waals surface area contributed by atoms with Gasteiger partial charge in [0.1, 0.15) is 0 Å². The molecule has 1 aliphatic heterocycles. The number of aromatic amines is 1. The molecule has 2 heterocycles. The van der Waals surface area contributed by atoms with Crippen LogP contribution >= 0.6 is 0 Å². The Morgan fingerprint density at radius 3 is 2.56 bits per heavy atom. The van der Waals surface area contributed by atoms with E-state index in [0.717, 1.165) is 50.9 Å². The number of fused-ring (bicyclic) bond motifs is 1. The first kappa shape index (κ1) is 18.0. The third-order valence-corrected chi connectivity index (χ3v) is 5.98. The minimum absolute atomic E-state index is 0.182. The van der Waals surface area contributed by atoms with Gasteiger partial charge in [-0.2, -0.15) is 0 Å². The maximum Gasteiger partial charge on any atom is 0.166 e. The molecular formula is C24H28N2O. The Hall–Kier alpha value is -2.39. The molecule has 27 heavy (non-hydrogen) atoms. The van der Waals surface area contributed by atoms with Crippen LogP contribution in [0.5, 0.6) is 0 Å². The molecule has 0 atom stereocenters. The summed E-state index contributed by atoms with van der Waals surface area (Å²) in [4.78, 5) is 18.6. The SMILES string of the molecule is CCc1ccc(C(=O)C2CCN(CCc3c[nH]c4ccccc34)CC2)cc1. The van der Waals surface area contributed by atoms with Crippen LogP contribution in [0.4, 0.5) is 0 Å². The number of aromatic nitrogens is 1. The van der Waals surface area contributed by atoms with Gasteiger partial charge in [0, 0.05) is 35.1 Å². The number of H-pyrrole nitrogens is 1. The van der Waals surface area contributed by atoms with E-state index in [1.165, 1.54) is 22.0 Å². The topological polar surface area (TPSA) is 36.1 Å². The molecule has 3 nitrogen and oxygen atoms in total. The Kier molecular flexibility index (Phi) is 5.40. The smallest absolute Gasteiger partial charge is 0.166 e. The van der Waals surface area contributed by atoms with Gasteiger partial charge in [-0.3, -0.25) is 4.79 Å². The summed E-state index contributed by atoms with van der Waals surface area (Å²) in [6.45, 7) is 5.24. The third-order valence-electron chi connectivity index (χ3n) is 5.98. The molecule has 140 valence electrons. The van der Waals surface area contributed by atoms with E-state index in [0.29, 0.717) is 5.78 Å². The lowest BCUT2D eigenvalue weighted by atomic mass is 9.88. The van der Waals surface area contributed by atoms with Crippen LogP contribution in [-0.2, 0) is 12.8 Å². The highest BCUT2D eigenvalue weighted by Crippen LogP contribution is 2.23. The van der Waals surface area contributed by atoms with Gasteiger partial charge in [0.2, 0.25) is 0 Å². The molecule has 0 spiro atoms. The summed E-state index contributed by atoms with van der Waals surface area (Å²) in [5, 5.41) is 1.33. The molecule has 3 aromatic rings. The van der Waals surface area contributed by atoms with E-state index in [2.05, 4.69) is 59.4 Å². The lowest BCUT2D eigenvalue weighted by molar-refractivity contribution is 0.0841. The summed E-state index contributed by atoms with van der Waals surface area (Å²) in [5.41, 5.74) is 4.77. The van der Waals surface area contributed by atoms with Crippen molar-refractivity contribution in [2.24, 2.45) is 5.92 Å². The molecule has 0 radical (unpaired) electrons. The number of carbonyl (C=O) groups excluding carboxylic acids is 1. The predicted octanol–water partition coefficient (Wildman–Crippen LogP) is 4.87. The Bertz CT molecular complexity index is 902. The van der Waals surface area contributed by atoms with Crippen LogP contribution in [0.25, 0.3) is 10.9 Å². The fourth-order valence-electron chi connectivity index (χ4n) is 4.18. The monoisotopic (exact) mass is 360 g/mol. The zero-order valence-corrected chi connectivity index (χ0v) is 16.1. The number of carbonyl (C=O) groups is 1. The standard InChI is InChI=1S/C24H28N2O/c1-2-18-7-9-19(10-8-18)24(27)20-11-14-26(15-12-20)16-13-21-17-25-23-6-4-3-5-22(21)23/h3-10,17,20,25H,2,11-16H2,1H3. The minimum atomic E-state index is 0.182. The highest BCUT2D eigenvalue weighted by atomic mass is 16.1. The zero-order chi connectivity index (χ0) is 18.6. The number of nitrogens with zero attached hydrogens (tertiary/aromatic N) is 1. The number of benzene rings is 2. The number of aryl methyl sites for hydroxylation is 1. The second kappa shape index (κ2) is 8.10. The molecule has 3 heteroatoms. The van der Waals surface area contributed by atoms with E-state index in [-0.39, 0.29) is 5.92 Å². The maximum atomic E-state index is 12.8. The summed E-state index contributed by atoms with van der Waals surface area (Å²) in [5.74, 6) is 0.510. The number of likely N-dealkylation sites (tertiary alicyclic amines) is 1. The summed E-state index contributed by atoms with van der Waals surface area (Å²) in [7, 11) is 0. The van der Waals surface area contributed by atoms with Crippen LogP contribution < -0.4 is 0 Å². The first-order chi connectivity index (χ1) is 13.2. The lowest BCUT2D eigenvalue weighted by Gasteiger charge is -2.31. The maximum absolute atomic E-state index is 12.8. The quantitative estimate of drug-likeness (QED) is 0.637. The normalized spacial score (nSPS) is 16.0. The number of para-hydroxylation sites is 1. The third kappa shape index (κ3) is 3.98. The molecule has 2 aromatic carbocycles. The number of piperidine rings is 1. The number of hydrogen-bond acceptors (Lipinski definition) is 2. The van der Waals surface area contributed by atoms with E-state index in [9.17, 15) is 4.79 Å². The number of Topliss-reactive ketones (excluding diaryl/α,β-unsaturated/α-hetero) is 1. The van der Waals surface area contributed by atoms with Crippen molar-refractivity contribution in [3.05, 3.63) is 71.4 Å². The number of hydrogen-bond donors (Lipinski definition) is 1. The van der Waals surface area contributed by atoms with Crippen LogP contribution in [0.3, 0.4) is 0 Å². The molecule has 1 saturated heterocycles. The Balaban J connectivity index is 1.30. The van der Waals surface area contributed by atoms with Gasteiger partial charge in [-0.25, -0.2) is 0 Å². The molecule has 1 fully saturated rings. The zero-order valence-electron chi connectivity index (χ0n) is 16.1.